The van der Waals surface area contributed by atoms with Crippen LogP contribution in [0.5, 0.6) is 0 Å². The Labute approximate surface area is 70.1 Å². The lowest BCUT2D eigenvalue weighted by Gasteiger charge is -2.29. The molecule has 0 aliphatic heterocycles. The fourth-order valence-electron chi connectivity index (χ4n) is 1.63. The highest BCUT2D eigenvalue weighted by Gasteiger charge is 2.20. The lowest BCUT2D eigenvalue weighted by molar-refractivity contribution is -0.0580. The van der Waals surface area contributed by atoms with E-state index in [0.717, 1.165) is 0 Å². The predicted molar refractivity (Wildman–Crippen MR) is 47.4 cm³/mol. The van der Waals surface area contributed by atoms with Crippen LogP contribution in [0.3, 0.4) is 0 Å². The van der Waals surface area contributed by atoms with E-state index in [1.807, 2.05) is 13.8 Å². The van der Waals surface area contributed by atoms with Gasteiger partial charge in [-0.2, -0.15) is 0 Å². The van der Waals surface area contributed by atoms with Gasteiger partial charge in [0.15, 0.2) is 0 Å². The summed E-state index contributed by atoms with van der Waals surface area (Å²) in [5.41, 5.74) is -0.192. The van der Waals surface area contributed by atoms with Gasteiger partial charge in [0.05, 0.1) is 11.7 Å². The summed E-state index contributed by atoms with van der Waals surface area (Å²) in [6.45, 7) is 8.00. The molecule has 1 rings (SSSR count). The summed E-state index contributed by atoms with van der Waals surface area (Å²) < 4.78 is 5.77. The first-order valence-corrected chi connectivity index (χ1v) is 4.61. The lowest BCUT2D eigenvalue weighted by Crippen LogP contribution is -2.29. The second-order valence-corrected chi connectivity index (χ2v) is 4.14. The molecule has 1 nitrogen and oxygen atoms in total. The monoisotopic (exact) mass is 155 g/mol. The molecule has 1 aliphatic rings. The molecule has 0 spiro atoms. The molecule has 65 valence electrons. The second kappa shape index (κ2) is 3.57. The van der Waals surface area contributed by atoms with Crippen molar-refractivity contribution in [2.24, 2.45) is 0 Å². The van der Waals surface area contributed by atoms with Gasteiger partial charge in [-0.25, -0.2) is 0 Å². The first-order valence-electron chi connectivity index (χ1n) is 4.61. The SMILES string of the molecule is [CH2]C(C)(C)OC1CCCCC1. The van der Waals surface area contributed by atoms with Gasteiger partial charge in [0.2, 0.25) is 0 Å². The third-order valence-corrected chi connectivity index (χ3v) is 2.04. The van der Waals surface area contributed by atoms with Crippen LogP contribution in [0.4, 0.5) is 0 Å². The van der Waals surface area contributed by atoms with Gasteiger partial charge in [-0.05, 0) is 33.6 Å². The average Bonchev–Trinajstić information content (AvgIpc) is 1.85. The quantitative estimate of drug-likeness (QED) is 0.595. The highest BCUT2D eigenvalue weighted by atomic mass is 16.5. The number of ether oxygens (including phenoxy) is 1. The Hall–Kier alpha value is -0.0400. The van der Waals surface area contributed by atoms with Crippen molar-refractivity contribution in [3.8, 4) is 0 Å². The van der Waals surface area contributed by atoms with Crippen molar-refractivity contribution >= 4 is 0 Å². The van der Waals surface area contributed by atoms with Crippen LogP contribution in [-0.4, -0.2) is 11.7 Å². The molecule has 11 heavy (non-hydrogen) atoms. The lowest BCUT2D eigenvalue weighted by atomic mass is 9.97. The standard InChI is InChI=1S/C10H19O/c1-10(2,3)11-9-7-5-4-6-8-9/h9H,1,4-8H2,2-3H3. The maximum Gasteiger partial charge on any atom is 0.0631 e. The fraction of sp³-hybridized carbons (Fsp3) is 0.900. The Bertz CT molecular complexity index is 107. The van der Waals surface area contributed by atoms with Gasteiger partial charge in [0.25, 0.3) is 0 Å². The van der Waals surface area contributed by atoms with Crippen molar-refractivity contribution in [1.82, 2.24) is 0 Å². The van der Waals surface area contributed by atoms with Crippen molar-refractivity contribution < 1.29 is 4.74 Å². The molecule has 0 unspecified atom stereocenters. The van der Waals surface area contributed by atoms with E-state index in [9.17, 15) is 0 Å². The summed E-state index contributed by atoms with van der Waals surface area (Å²) in [5, 5.41) is 0. The van der Waals surface area contributed by atoms with E-state index < -0.39 is 0 Å². The average molecular weight is 155 g/mol. The largest absolute Gasteiger partial charge is 0.372 e. The summed E-state index contributed by atoms with van der Waals surface area (Å²) in [4.78, 5) is 0. The molecule has 1 heteroatoms. The van der Waals surface area contributed by atoms with Crippen LogP contribution in [0.25, 0.3) is 0 Å². The zero-order valence-corrected chi connectivity index (χ0v) is 7.73. The van der Waals surface area contributed by atoms with E-state index in [1.165, 1.54) is 32.1 Å². The maximum atomic E-state index is 5.77. The van der Waals surface area contributed by atoms with Gasteiger partial charge in [-0.15, -0.1) is 0 Å². The molecular formula is C10H19O. The Balaban J connectivity index is 2.24. The van der Waals surface area contributed by atoms with Crippen LogP contribution in [-0.2, 0) is 4.74 Å². The van der Waals surface area contributed by atoms with E-state index >= 15 is 0 Å². The summed E-state index contributed by atoms with van der Waals surface area (Å²) in [6, 6.07) is 0. The smallest absolute Gasteiger partial charge is 0.0631 e. The number of hydrogen-bond donors (Lipinski definition) is 0. The topological polar surface area (TPSA) is 9.23 Å². The zero-order valence-electron chi connectivity index (χ0n) is 7.73. The summed E-state index contributed by atoms with van der Waals surface area (Å²) in [6.07, 6.45) is 7.01. The summed E-state index contributed by atoms with van der Waals surface area (Å²) >= 11 is 0. The van der Waals surface area contributed by atoms with Crippen molar-refractivity contribution in [2.75, 3.05) is 0 Å². The molecule has 0 aromatic carbocycles. The van der Waals surface area contributed by atoms with Crippen LogP contribution in [0.15, 0.2) is 0 Å². The Kier molecular flexibility index (Phi) is 2.94. The molecule has 0 bridgehead atoms. The molecule has 0 N–H and O–H groups in total. The Morgan fingerprint density at radius 3 is 2.18 bits per heavy atom. The van der Waals surface area contributed by atoms with Gasteiger partial charge >= 0.3 is 0 Å². The Morgan fingerprint density at radius 1 is 1.18 bits per heavy atom. The van der Waals surface area contributed by atoms with Crippen LogP contribution in [0.2, 0.25) is 0 Å². The highest BCUT2D eigenvalue weighted by Crippen LogP contribution is 2.24. The molecule has 0 amide bonds. The normalized spacial score (nSPS) is 22.1. The van der Waals surface area contributed by atoms with Crippen molar-refractivity contribution in [3.63, 3.8) is 0 Å². The molecule has 1 fully saturated rings. The van der Waals surface area contributed by atoms with E-state index in [1.54, 1.807) is 0 Å². The third-order valence-electron chi connectivity index (χ3n) is 2.04. The van der Waals surface area contributed by atoms with Gasteiger partial charge in [0.1, 0.15) is 0 Å². The van der Waals surface area contributed by atoms with Crippen molar-refractivity contribution in [3.05, 3.63) is 6.92 Å². The predicted octanol–water partition coefficient (Wildman–Crippen LogP) is 2.95. The second-order valence-electron chi connectivity index (χ2n) is 4.14. The van der Waals surface area contributed by atoms with Crippen LogP contribution in [0, 0.1) is 6.92 Å². The van der Waals surface area contributed by atoms with Crippen LogP contribution < -0.4 is 0 Å². The van der Waals surface area contributed by atoms with Crippen LogP contribution in [0.1, 0.15) is 46.0 Å². The molecule has 1 radical (unpaired) electrons. The van der Waals surface area contributed by atoms with Crippen molar-refractivity contribution in [2.45, 2.75) is 57.7 Å². The van der Waals surface area contributed by atoms with E-state index in [0.29, 0.717) is 6.10 Å². The van der Waals surface area contributed by atoms with Gasteiger partial charge in [0, 0.05) is 0 Å². The summed E-state index contributed by atoms with van der Waals surface area (Å²) in [5.74, 6) is 0. The molecule has 0 atom stereocenters. The first kappa shape index (κ1) is 9.05. The molecule has 0 aromatic rings. The zero-order chi connectivity index (χ0) is 8.32. The minimum atomic E-state index is -0.192. The van der Waals surface area contributed by atoms with Gasteiger partial charge in [-0.1, -0.05) is 19.3 Å². The molecule has 1 saturated carbocycles. The molecular weight excluding hydrogens is 136 g/mol. The number of rotatable bonds is 2. The highest BCUT2D eigenvalue weighted by molar-refractivity contribution is 4.75. The molecule has 1 aliphatic carbocycles. The first-order chi connectivity index (χ1) is 5.08. The third kappa shape index (κ3) is 3.76. The molecule has 0 heterocycles. The van der Waals surface area contributed by atoms with Crippen LogP contribution >= 0.6 is 0 Å². The number of hydrogen-bond acceptors (Lipinski definition) is 1. The molecule has 0 aromatic heterocycles. The summed E-state index contributed by atoms with van der Waals surface area (Å²) in [7, 11) is 0. The van der Waals surface area contributed by atoms with E-state index in [4.69, 9.17) is 4.74 Å². The Morgan fingerprint density at radius 2 is 1.73 bits per heavy atom. The van der Waals surface area contributed by atoms with E-state index in [-0.39, 0.29) is 5.60 Å². The van der Waals surface area contributed by atoms with Gasteiger partial charge < -0.3 is 4.74 Å². The minimum Gasteiger partial charge on any atom is -0.372 e. The minimum absolute atomic E-state index is 0.192. The fourth-order valence-corrected chi connectivity index (χ4v) is 1.63. The molecule has 0 saturated heterocycles. The van der Waals surface area contributed by atoms with E-state index in [2.05, 4.69) is 6.92 Å². The van der Waals surface area contributed by atoms with Crippen molar-refractivity contribution in [1.29, 1.82) is 0 Å². The van der Waals surface area contributed by atoms with Gasteiger partial charge in [-0.3, -0.25) is 0 Å². The maximum absolute atomic E-state index is 5.77.